The molecule has 0 amide bonds. The molecular weight excluding hydrogens is 427 g/mol. The molecule has 29 heavy (non-hydrogen) atoms. The number of halogens is 4. The number of rotatable bonds is 6. The van der Waals surface area contributed by atoms with Crippen LogP contribution in [0.5, 0.6) is 0 Å². The van der Waals surface area contributed by atoms with E-state index in [0.29, 0.717) is 15.5 Å². The molecular formula is C18H17ClF3N5OS. The number of carbonyl (C=O) groups excluding carboxylic acids is 1. The van der Waals surface area contributed by atoms with Crippen LogP contribution in [0.15, 0.2) is 46.5 Å². The van der Waals surface area contributed by atoms with Gasteiger partial charge in [-0.2, -0.15) is 13.2 Å². The fourth-order valence-electron chi connectivity index (χ4n) is 2.29. The number of aromatic nitrogens is 2. The van der Waals surface area contributed by atoms with E-state index >= 15 is 0 Å². The molecule has 154 valence electrons. The molecule has 1 heterocycles. The molecule has 6 nitrogen and oxygen atoms in total. The highest BCUT2D eigenvalue weighted by Gasteiger charge is 2.35. The molecule has 2 rings (SSSR count). The number of anilines is 1. The van der Waals surface area contributed by atoms with Gasteiger partial charge in [0, 0.05) is 40.2 Å². The number of amidine groups is 2. The second-order valence-electron chi connectivity index (χ2n) is 6.10. The first kappa shape index (κ1) is 22.8. The Hall–Kier alpha value is -2.46. The van der Waals surface area contributed by atoms with E-state index in [0.717, 1.165) is 0 Å². The Bertz CT molecular complexity index is 901. The van der Waals surface area contributed by atoms with Gasteiger partial charge in [0.05, 0.1) is 0 Å². The van der Waals surface area contributed by atoms with Gasteiger partial charge < -0.3 is 5.32 Å². The molecule has 2 aromatic rings. The van der Waals surface area contributed by atoms with Crippen molar-refractivity contribution in [1.29, 1.82) is 5.41 Å². The average Bonchev–Trinajstić information content (AvgIpc) is 2.64. The van der Waals surface area contributed by atoms with Crippen molar-refractivity contribution in [3.05, 3.63) is 47.2 Å². The summed E-state index contributed by atoms with van der Waals surface area (Å²) in [6.07, 6.45) is -1.87. The minimum Gasteiger partial charge on any atom is -0.312 e. The number of thiol groups is 1. The van der Waals surface area contributed by atoms with Crippen LogP contribution < -0.4 is 5.32 Å². The molecule has 0 bridgehead atoms. The lowest BCUT2D eigenvalue weighted by Gasteiger charge is -2.16. The Morgan fingerprint density at radius 1 is 1.31 bits per heavy atom. The Morgan fingerprint density at radius 2 is 1.97 bits per heavy atom. The van der Waals surface area contributed by atoms with Gasteiger partial charge >= 0.3 is 6.18 Å². The first-order valence-corrected chi connectivity index (χ1v) is 9.20. The lowest BCUT2D eigenvalue weighted by molar-refractivity contribution is -0.0604. The predicted octanol–water partition coefficient (Wildman–Crippen LogP) is 5.07. The normalized spacial score (nSPS) is 13.1. The van der Waals surface area contributed by atoms with Gasteiger partial charge in [-0.05, 0) is 30.7 Å². The summed E-state index contributed by atoms with van der Waals surface area (Å²) in [5.74, 6) is -2.74. The zero-order chi connectivity index (χ0) is 21.6. The van der Waals surface area contributed by atoms with Crippen LogP contribution in [0.4, 0.5) is 19.1 Å². The molecule has 0 fully saturated rings. The van der Waals surface area contributed by atoms with Crippen molar-refractivity contribution in [2.75, 3.05) is 5.32 Å². The molecule has 11 heteroatoms. The fourth-order valence-corrected chi connectivity index (χ4v) is 2.88. The average molecular weight is 444 g/mol. The van der Waals surface area contributed by atoms with Gasteiger partial charge in [-0.15, -0.1) is 12.6 Å². The van der Waals surface area contributed by atoms with E-state index in [-0.39, 0.29) is 30.4 Å². The van der Waals surface area contributed by atoms with Crippen molar-refractivity contribution in [3.63, 3.8) is 0 Å². The smallest absolute Gasteiger partial charge is 0.312 e. The molecule has 0 aliphatic rings. The van der Waals surface area contributed by atoms with E-state index in [1.54, 1.807) is 25.1 Å². The molecule has 2 N–H and O–H groups in total. The Labute approximate surface area is 175 Å². The van der Waals surface area contributed by atoms with Crippen LogP contribution in [0.25, 0.3) is 0 Å². The summed E-state index contributed by atoms with van der Waals surface area (Å²) in [5, 5.41) is 10.1. The van der Waals surface area contributed by atoms with Crippen LogP contribution in [0, 0.1) is 11.3 Å². The molecule has 0 aliphatic heterocycles. The van der Waals surface area contributed by atoms with Gasteiger partial charge in [-0.3, -0.25) is 10.2 Å². The SMILES string of the molecule is C[C@H](CCC(=O)c1cc(S)cc(Cl)c1)/C(=N/C(=N)C(F)(F)F)Nc1ncccn1. The summed E-state index contributed by atoms with van der Waals surface area (Å²) in [5.41, 5.74) is 0.357. The van der Waals surface area contributed by atoms with E-state index in [9.17, 15) is 18.0 Å². The summed E-state index contributed by atoms with van der Waals surface area (Å²) < 4.78 is 38.3. The second kappa shape index (κ2) is 9.84. The molecule has 0 aliphatic carbocycles. The van der Waals surface area contributed by atoms with Crippen molar-refractivity contribution in [2.24, 2.45) is 10.9 Å². The van der Waals surface area contributed by atoms with Crippen LogP contribution >= 0.6 is 24.2 Å². The standard InChI is InChI=1S/C18H17ClF3N5OS/c1-10(3-4-14(28)11-7-12(19)9-13(29)8-11)15(26-16(23)18(20,21)22)27-17-24-5-2-6-25-17/h2,5-10,29H,3-4H2,1H3,(H2,23,24,25,26,27)/t10-/m1/s1. The van der Waals surface area contributed by atoms with Crippen molar-refractivity contribution in [3.8, 4) is 0 Å². The molecule has 1 aromatic heterocycles. The minimum absolute atomic E-state index is 0.0322. The van der Waals surface area contributed by atoms with Crippen LogP contribution in [-0.4, -0.2) is 33.6 Å². The monoisotopic (exact) mass is 443 g/mol. The number of ketones is 1. The third-order valence-electron chi connectivity index (χ3n) is 3.78. The van der Waals surface area contributed by atoms with E-state index in [4.69, 9.17) is 17.0 Å². The summed E-state index contributed by atoms with van der Waals surface area (Å²) in [7, 11) is 0. The van der Waals surface area contributed by atoms with Crippen molar-refractivity contribution in [2.45, 2.75) is 30.8 Å². The third-order valence-corrected chi connectivity index (χ3v) is 4.26. The van der Waals surface area contributed by atoms with Crippen LogP contribution in [0.1, 0.15) is 30.1 Å². The molecule has 0 saturated carbocycles. The molecule has 0 radical (unpaired) electrons. The largest absolute Gasteiger partial charge is 0.450 e. The number of carbonyl (C=O) groups is 1. The quantitative estimate of drug-likeness (QED) is 0.251. The van der Waals surface area contributed by atoms with Gasteiger partial charge in [0.1, 0.15) is 5.84 Å². The maximum atomic E-state index is 12.8. The molecule has 0 unspecified atom stereocenters. The fraction of sp³-hybridized carbons (Fsp3) is 0.278. The summed E-state index contributed by atoms with van der Waals surface area (Å²) in [6.45, 7) is 1.59. The maximum absolute atomic E-state index is 12.8. The highest BCUT2D eigenvalue weighted by atomic mass is 35.5. The van der Waals surface area contributed by atoms with Gasteiger partial charge in [-0.25, -0.2) is 15.0 Å². The minimum atomic E-state index is -4.90. The topological polar surface area (TPSA) is 91.1 Å². The lowest BCUT2D eigenvalue weighted by atomic mass is 9.99. The zero-order valence-corrected chi connectivity index (χ0v) is 16.8. The summed E-state index contributed by atoms with van der Waals surface area (Å²) >= 11 is 10.1. The second-order valence-corrected chi connectivity index (χ2v) is 7.05. The van der Waals surface area contributed by atoms with Crippen molar-refractivity contribution >= 4 is 47.6 Å². The maximum Gasteiger partial charge on any atom is 0.450 e. The number of benzene rings is 1. The van der Waals surface area contributed by atoms with Gasteiger partial charge in [-0.1, -0.05) is 18.5 Å². The third kappa shape index (κ3) is 7.13. The Kier molecular flexibility index (Phi) is 7.74. The van der Waals surface area contributed by atoms with E-state index in [2.05, 4.69) is 32.9 Å². The number of hydrogen-bond acceptors (Lipinski definition) is 5. The number of aliphatic imine (C=N–C) groups is 1. The first-order valence-electron chi connectivity index (χ1n) is 8.37. The van der Waals surface area contributed by atoms with Gasteiger partial charge in [0.2, 0.25) is 11.8 Å². The van der Waals surface area contributed by atoms with Crippen molar-refractivity contribution in [1.82, 2.24) is 9.97 Å². The van der Waals surface area contributed by atoms with Gasteiger partial charge in [0.15, 0.2) is 5.78 Å². The number of hydrogen-bond donors (Lipinski definition) is 3. The Balaban J connectivity index is 2.15. The summed E-state index contributed by atoms with van der Waals surface area (Å²) in [4.78, 5) is 24.1. The Morgan fingerprint density at radius 3 is 2.55 bits per heavy atom. The number of alkyl halides is 3. The highest BCUT2D eigenvalue weighted by Crippen LogP contribution is 2.22. The number of nitrogens with one attached hydrogen (secondary N) is 2. The summed E-state index contributed by atoms with van der Waals surface area (Å²) in [6, 6.07) is 6.19. The van der Waals surface area contributed by atoms with Gasteiger partial charge in [0.25, 0.3) is 0 Å². The molecule has 1 aromatic carbocycles. The number of Topliss-reactive ketones (excluding diaryl/α,β-unsaturated/α-hetero) is 1. The predicted molar refractivity (Wildman–Crippen MR) is 108 cm³/mol. The molecule has 0 saturated heterocycles. The molecule has 0 spiro atoms. The van der Waals surface area contributed by atoms with Crippen LogP contribution in [-0.2, 0) is 0 Å². The number of nitrogens with zero attached hydrogens (tertiary/aromatic N) is 3. The zero-order valence-electron chi connectivity index (χ0n) is 15.2. The first-order chi connectivity index (χ1) is 13.6. The molecule has 1 atom stereocenters. The van der Waals surface area contributed by atoms with Crippen LogP contribution in [0.3, 0.4) is 0 Å². The van der Waals surface area contributed by atoms with E-state index in [1.165, 1.54) is 18.5 Å². The highest BCUT2D eigenvalue weighted by molar-refractivity contribution is 7.80. The van der Waals surface area contributed by atoms with Crippen molar-refractivity contribution < 1.29 is 18.0 Å². The lowest BCUT2D eigenvalue weighted by Crippen LogP contribution is -2.28. The van der Waals surface area contributed by atoms with E-state index < -0.39 is 17.9 Å². The van der Waals surface area contributed by atoms with Crippen LogP contribution in [0.2, 0.25) is 5.02 Å². The van der Waals surface area contributed by atoms with E-state index in [1.807, 2.05) is 0 Å².